The Morgan fingerprint density at radius 3 is 1.71 bits per heavy atom. The van der Waals surface area contributed by atoms with E-state index in [9.17, 15) is 26.4 Å². The second kappa shape index (κ2) is 5.38. The Bertz CT molecular complexity index is 1130. The van der Waals surface area contributed by atoms with Crippen LogP contribution in [-0.4, -0.2) is 28.4 Å². The summed E-state index contributed by atoms with van der Waals surface area (Å²) >= 11 is 0. The maximum atomic E-state index is 12.7. The first-order chi connectivity index (χ1) is 11.0. The lowest BCUT2D eigenvalue weighted by Gasteiger charge is -2.20. The van der Waals surface area contributed by atoms with Crippen molar-refractivity contribution in [3.63, 3.8) is 0 Å². The van der Waals surface area contributed by atoms with Gasteiger partial charge in [-0.15, -0.1) is 0 Å². The highest BCUT2D eigenvalue weighted by atomic mass is 35.7. The molecule has 2 aromatic carbocycles. The molecule has 0 unspecified atom stereocenters. The fraction of sp³-hybridized carbons (Fsp3) is 0. The Hall–Kier alpha value is -1.74. The topological polar surface area (TPSA) is 102 Å². The number of halogens is 2. The highest BCUT2D eigenvalue weighted by Crippen LogP contribution is 2.37. The first kappa shape index (κ1) is 17.1. The quantitative estimate of drug-likeness (QED) is 0.607. The van der Waals surface area contributed by atoms with Gasteiger partial charge in [0, 0.05) is 38.1 Å². The molecule has 6 nitrogen and oxygen atoms in total. The number of carbonyl (C=O) groups excluding carboxylic acids is 2. The number of rotatable bonds is 2. The number of benzene rings is 2. The second-order valence-corrected chi connectivity index (χ2v) is 9.93. The van der Waals surface area contributed by atoms with Gasteiger partial charge < -0.3 is 0 Å². The van der Waals surface area contributed by atoms with Gasteiger partial charge in [-0.1, -0.05) is 24.3 Å². The van der Waals surface area contributed by atoms with Gasteiger partial charge in [0.2, 0.25) is 0 Å². The number of hydrogen-bond donors (Lipinski definition) is 0. The van der Waals surface area contributed by atoms with Crippen LogP contribution in [-0.2, 0) is 18.1 Å². The average molecular weight is 405 g/mol. The fourth-order valence-electron chi connectivity index (χ4n) is 2.57. The smallest absolute Gasteiger partial charge is 0.263 e. The SMILES string of the molecule is O=C1c2ccccc2C(=O)c2c1ccc(S(=O)(=O)Cl)c2S(=O)(=O)Cl. The number of carbonyl (C=O) groups is 2. The van der Waals surface area contributed by atoms with Crippen LogP contribution in [0.25, 0.3) is 0 Å². The van der Waals surface area contributed by atoms with Crippen LogP contribution in [0, 0.1) is 0 Å². The minimum absolute atomic E-state index is 0.0410. The van der Waals surface area contributed by atoms with Gasteiger partial charge >= 0.3 is 0 Å². The molecular weight excluding hydrogens is 399 g/mol. The molecule has 0 saturated heterocycles. The molecule has 2 aromatic rings. The molecule has 1 aliphatic carbocycles. The lowest BCUT2D eigenvalue weighted by molar-refractivity contribution is 0.0976. The summed E-state index contributed by atoms with van der Waals surface area (Å²) in [5.74, 6) is -1.43. The van der Waals surface area contributed by atoms with Gasteiger partial charge in [0.05, 0.1) is 5.56 Å². The van der Waals surface area contributed by atoms with Gasteiger partial charge in [-0.3, -0.25) is 9.59 Å². The van der Waals surface area contributed by atoms with E-state index in [1.54, 1.807) is 6.07 Å². The molecule has 0 saturated carbocycles. The van der Waals surface area contributed by atoms with Crippen LogP contribution in [0.15, 0.2) is 46.2 Å². The molecule has 0 spiro atoms. The molecular formula is C14H6Cl2O6S2. The molecule has 0 bridgehead atoms. The van der Waals surface area contributed by atoms with Crippen LogP contribution in [0.3, 0.4) is 0 Å². The van der Waals surface area contributed by atoms with Crippen molar-refractivity contribution in [2.75, 3.05) is 0 Å². The van der Waals surface area contributed by atoms with Gasteiger partial charge in [-0.25, -0.2) is 16.8 Å². The zero-order chi connectivity index (χ0) is 17.9. The maximum Gasteiger partial charge on any atom is 0.263 e. The predicted molar refractivity (Wildman–Crippen MR) is 85.8 cm³/mol. The molecule has 0 fully saturated rings. The Kier molecular flexibility index (Phi) is 3.83. The van der Waals surface area contributed by atoms with Gasteiger partial charge in [0.1, 0.15) is 9.79 Å². The van der Waals surface area contributed by atoms with E-state index in [1.807, 2.05) is 0 Å². The van der Waals surface area contributed by atoms with Crippen molar-refractivity contribution in [1.29, 1.82) is 0 Å². The van der Waals surface area contributed by atoms with E-state index in [4.69, 9.17) is 21.4 Å². The zero-order valence-corrected chi connectivity index (χ0v) is 14.6. The zero-order valence-electron chi connectivity index (χ0n) is 11.5. The van der Waals surface area contributed by atoms with Gasteiger partial charge in [-0.05, 0) is 12.1 Å². The van der Waals surface area contributed by atoms with E-state index >= 15 is 0 Å². The molecule has 0 heterocycles. The van der Waals surface area contributed by atoms with Crippen molar-refractivity contribution in [3.8, 4) is 0 Å². The Morgan fingerprint density at radius 1 is 0.667 bits per heavy atom. The molecule has 0 radical (unpaired) electrons. The van der Waals surface area contributed by atoms with Crippen molar-refractivity contribution >= 4 is 51.0 Å². The number of fused-ring (bicyclic) bond motifs is 2. The van der Waals surface area contributed by atoms with Crippen LogP contribution >= 0.6 is 21.4 Å². The second-order valence-electron chi connectivity index (χ2n) is 4.89. The Labute approximate surface area is 145 Å². The highest BCUT2D eigenvalue weighted by molar-refractivity contribution is 8.16. The third kappa shape index (κ3) is 2.55. The van der Waals surface area contributed by atoms with Crippen molar-refractivity contribution in [3.05, 3.63) is 58.7 Å². The molecule has 0 N–H and O–H groups in total. The molecule has 0 aromatic heterocycles. The van der Waals surface area contributed by atoms with Crippen molar-refractivity contribution in [2.45, 2.75) is 9.79 Å². The van der Waals surface area contributed by atoms with E-state index in [0.717, 1.165) is 12.1 Å². The minimum Gasteiger partial charge on any atom is -0.289 e. The van der Waals surface area contributed by atoms with Crippen molar-refractivity contribution < 1.29 is 26.4 Å². The number of ketones is 2. The normalized spacial score (nSPS) is 14.2. The van der Waals surface area contributed by atoms with E-state index in [0.29, 0.717) is 0 Å². The molecule has 24 heavy (non-hydrogen) atoms. The lowest BCUT2D eigenvalue weighted by Crippen LogP contribution is -2.24. The van der Waals surface area contributed by atoms with Crippen LogP contribution < -0.4 is 0 Å². The summed E-state index contributed by atoms with van der Waals surface area (Å²) in [6.07, 6.45) is 0. The summed E-state index contributed by atoms with van der Waals surface area (Å²) in [4.78, 5) is 23.4. The summed E-state index contributed by atoms with van der Waals surface area (Å²) in [5.41, 5.74) is -0.785. The third-order valence-corrected chi connectivity index (χ3v) is 6.38. The highest BCUT2D eigenvalue weighted by Gasteiger charge is 2.38. The van der Waals surface area contributed by atoms with Crippen LogP contribution in [0.1, 0.15) is 31.8 Å². The summed E-state index contributed by atoms with van der Waals surface area (Å²) in [6.45, 7) is 0. The van der Waals surface area contributed by atoms with Gasteiger partial charge in [-0.2, -0.15) is 0 Å². The van der Waals surface area contributed by atoms with E-state index in [-0.39, 0.29) is 16.7 Å². The molecule has 0 amide bonds. The van der Waals surface area contributed by atoms with Crippen LogP contribution in [0.4, 0.5) is 0 Å². The molecule has 124 valence electrons. The summed E-state index contributed by atoms with van der Waals surface area (Å²) in [5, 5.41) is 0. The van der Waals surface area contributed by atoms with Gasteiger partial charge in [0.15, 0.2) is 11.6 Å². The standard InChI is InChI=1S/C14H6Cl2O6S2/c15-23(19,20)10-6-5-9-11(14(10)24(16,21)22)13(18)8-4-2-1-3-7(8)12(9)17/h1-6H. The first-order valence-corrected chi connectivity index (χ1v) is 10.9. The van der Waals surface area contributed by atoms with E-state index < -0.39 is 45.0 Å². The predicted octanol–water partition coefficient (Wildman–Crippen LogP) is 2.32. The van der Waals surface area contributed by atoms with Crippen molar-refractivity contribution in [2.24, 2.45) is 0 Å². The van der Waals surface area contributed by atoms with Crippen LogP contribution in [0.5, 0.6) is 0 Å². The molecule has 10 heteroatoms. The summed E-state index contributed by atoms with van der Waals surface area (Å²) < 4.78 is 47.2. The van der Waals surface area contributed by atoms with E-state index in [1.165, 1.54) is 18.2 Å². The summed E-state index contributed by atoms with van der Waals surface area (Å²) in [6, 6.07) is 7.68. The minimum atomic E-state index is -4.68. The average Bonchev–Trinajstić information content (AvgIpc) is 2.49. The fourth-order valence-corrected chi connectivity index (χ4v) is 5.68. The maximum absolute atomic E-state index is 12.7. The van der Waals surface area contributed by atoms with E-state index in [2.05, 4.69) is 0 Å². The molecule has 0 atom stereocenters. The first-order valence-electron chi connectivity index (χ1n) is 6.28. The Balaban J connectivity index is 2.51. The Morgan fingerprint density at radius 2 is 1.21 bits per heavy atom. The monoisotopic (exact) mass is 404 g/mol. The van der Waals surface area contributed by atoms with Crippen LogP contribution in [0.2, 0.25) is 0 Å². The molecule has 3 rings (SSSR count). The van der Waals surface area contributed by atoms with Gasteiger partial charge in [0.25, 0.3) is 18.1 Å². The molecule has 1 aliphatic rings. The molecule has 0 aliphatic heterocycles. The van der Waals surface area contributed by atoms with Crippen molar-refractivity contribution in [1.82, 2.24) is 0 Å². The largest absolute Gasteiger partial charge is 0.289 e. The third-order valence-electron chi connectivity index (χ3n) is 3.52. The lowest BCUT2D eigenvalue weighted by atomic mass is 9.84. The number of hydrogen-bond acceptors (Lipinski definition) is 6. The summed E-state index contributed by atoms with van der Waals surface area (Å²) in [7, 11) is 1.38.